The van der Waals surface area contributed by atoms with Gasteiger partial charge in [0, 0.05) is 16.5 Å². The number of carbonyl (C=O) groups is 2. The summed E-state index contributed by atoms with van der Waals surface area (Å²) in [5.74, 6) is 0.893. The molecule has 1 amide bonds. The SMILES string of the molecule is C[C@@H]1S[C@@H](C(=O)Nc2nc(-c3ccccc3)cs2)c2cc3c(cc2C1=O)OCO3. The maximum atomic E-state index is 13.1. The molecule has 146 valence electrons. The van der Waals surface area contributed by atoms with Gasteiger partial charge in [0.15, 0.2) is 22.4 Å². The van der Waals surface area contributed by atoms with Crippen LogP contribution in [-0.2, 0) is 4.79 Å². The molecule has 3 aromatic rings. The Kier molecular flexibility index (Phi) is 4.52. The number of hydrogen-bond donors (Lipinski definition) is 1. The van der Waals surface area contributed by atoms with Crippen LogP contribution in [0.5, 0.6) is 11.5 Å². The van der Waals surface area contributed by atoms with E-state index in [2.05, 4.69) is 10.3 Å². The number of benzene rings is 2. The Bertz CT molecular complexity index is 1110. The van der Waals surface area contributed by atoms with E-state index in [0.717, 1.165) is 11.3 Å². The molecular weight excluding hydrogens is 408 g/mol. The second-order valence-corrected chi connectivity index (χ2v) is 9.02. The molecule has 2 aliphatic heterocycles. The van der Waals surface area contributed by atoms with Crippen molar-refractivity contribution in [2.45, 2.75) is 17.4 Å². The first-order valence-electron chi connectivity index (χ1n) is 9.05. The van der Waals surface area contributed by atoms with Gasteiger partial charge in [-0.25, -0.2) is 4.98 Å². The normalized spacial score (nSPS) is 19.7. The third-order valence-electron chi connectivity index (χ3n) is 4.84. The first-order valence-corrected chi connectivity index (χ1v) is 10.9. The number of ketones is 1. The first-order chi connectivity index (χ1) is 14.1. The molecule has 2 atom stereocenters. The molecule has 5 rings (SSSR count). The van der Waals surface area contributed by atoms with Crippen LogP contribution in [-0.4, -0.2) is 28.7 Å². The zero-order chi connectivity index (χ0) is 20.0. The van der Waals surface area contributed by atoms with Crippen LogP contribution in [0.2, 0.25) is 0 Å². The quantitative estimate of drug-likeness (QED) is 0.665. The molecule has 6 nitrogen and oxygen atoms in total. The second-order valence-electron chi connectivity index (χ2n) is 6.71. The van der Waals surface area contributed by atoms with Crippen molar-refractivity contribution in [2.24, 2.45) is 0 Å². The minimum Gasteiger partial charge on any atom is -0.454 e. The summed E-state index contributed by atoms with van der Waals surface area (Å²) in [7, 11) is 0. The zero-order valence-electron chi connectivity index (χ0n) is 15.4. The number of hydrogen-bond acceptors (Lipinski definition) is 7. The number of aromatic nitrogens is 1. The number of thiazole rings is 1. The van der Waals surface area contributed by atoms with Crippen molar-refractivity contribution in [3.8, 4) is 22.8 Å². The van der Waals surface area contributed by atoms with E-state index in [4.69, 9.17) is 9.47 Å². The number of Topliss-reactive ketones (excluding diaryl/α,β-unsaturated/α-hetero) is 1. The van der Waals surface area contributed by atoms with Gasteiger partial charge < -0.3 is 14.8 Å². The van der Waals surface area contributed by atoms with Crippen LogP contribution >= 0.6 is 23.1 Å². The molecular formula is C21H16N2O4S2. The molecule has 29 heavy (non-hydrogen) atoms. The Balaban J connectivity index is 1.43. The van der Waals surface area contributed by atoms with Gasteiger partial charge in [0.25, 0.3) is 0 Å². The van der Waals surface area contributed by atoms with Crippen molar-refractivity contribution in [3.05, 3.63) is 59.0 Å². The summed E-state index contributed by atoms with van der Waals surface area (Å²) in [6.07, 6.45) is 0. The molecule has 0 unspecified atom stereocenters. The number of rotatable bonds is 3. The van der Waals surface area contributed by atoms with Crippen LogP contribution in [0.4, 0.5) is 5.13 Å². The van der Waals surface area contributed by atoms with Gasteiger partial charge in [0.05, 0.1) is 10.9 Å². The van der Waals surface area contributed by atoms with Crippen molar-refractivity contribution >= 4 is 39.9 Å². The maximum Gasteiger partial charge on any atom is 0.243 e. The minimum absolute atomic E-state index is 0.00652. The predicted octanol–water partition coefficient (Wildman–Crippen LogP) is 4.54. The Morgan fingerprint density at radius 2 is 1.93 bits per heavy atom. The summed E-state index contributed by atoms with van der Waals surface area (Å²) in [6, 6.07) is 13.2. The van der Waals surface area contributed by atoms with E-state index in [9.17, 15) is 9.59 Å². The van der Waals surface area contributed by atoms with Gasteiger partial charge in [-0.3, -0.25) is 9.59 Å². The highest BCUT2D eigenvalue weighted by Gasteiger charge is 2.38. The third kappa shape index (κ3) is 3.28. The fourth-order valence-electron chi connectivity index (χ4n) is 3.39. The van der Waals surface area contributed by atoms with E-state index >= 15 is 0 Å². The molecule has 0 bridgehead atoms. The highest BCUT2D eigenvalue weighted by atomic mass is 32.2. The van der Waals surface area contributed by atoms with Crippen LogP contribution in [0, 0.1) is 0 Å². The highest BCUT2D eigenvalue weighted by molar-refractivity contribution is 8.01. The molecule has 1 N–H and O–H groups in total. The lowest BCUT2D eigenvalue weighted by molar-refractivity contribution is -0.115. The van der Waals surface area contributed by atoms with Gasteiger partial charge in [-0.2, -0.15) is 0 Å². The first kappa shape index (κ1) is 18.2. The van der Waals surface area contributed by atoms with Gasteiger partial charge in [0.1, 0.15) is 5.25 Å². The second kappa shape index (κ2) is 7.20. The third-order valence-corrected chi connectivity index (χ3v) is 6.96. The van der Waals surface area contributed by atoms with E-state index in [1.807, 2.05) is 42.6 Å². The molecule has 0 spiro atoms. The predicted molar refractivity (Wildman–Crippen MR) is 113 cm³/mol. The number of nitrogens with one attached hydrogen (secondary N) is 1. The van der Waals surface area contributed by atoms with Crippen LogP contribution in [0.1, 0.15) is 28.1 Å². The summed E-state index contributed by atoms with van der Waals surface area (Å²) in [6.45, 7) is 1.94. The van der Waals surface area contributed by atoms with Crippen LogP contribution < -0.4 is 14.8 Å². The molecule has 2 aliphatic rings. The lowest BCUT2D eigenvalue weighted by atomic mass is 9.97. The smallest absolute Gasteiger partial charge is 0.243 e. The molecule has 1 aromatic heterocycles. The van der Waals surface area contributed by atoms with E-state index < -0.39 is 5.25 Å². The average Bonchev–Trinajstić information content (AvgIpc) is 3.39. The highest BCUT2D eigenvalue weighted by Crippen LogP contribution is 2.46. The Labute approximate surface area is 175 Å². The van der Waals surface area contributed by atoms with Crippen molar-refractivity contribution in [3.63, 3.8) is 0 Å². The number of nitrogens with zero attached hydrogens (tertiary/aromatic N) is 1. The molecule has 0 fully saturated rings. The summed E-state index contributed by atoms with van der Waals surface area (Å²) in [5.41, 5.74) is 2.98. The van der Waals surface area contributed by atoms with E-state index in [-0.39, 0.29) is 23.7 Å². The fraction of sp³-hybridized carbons (Fsp3) is 0.190. The van der Waals surface area contributed by atoms with Crippen LogP contribution in [0.15, 0.2) is 47.8 Å². The summed E-state index contributed by atoms with van der Waals surface area (Å²) in [4.78, 5) is 30.3. The number of anilines is 1. The maximum absolute atomic E-state index is 13.1. The molecule has 3 heterocycles. The Morgan fingerprint density at radius 3 is 2.72 bits per heavy atom. The van der Waals surface area contributed by atoms with Gasteiger partial charge in [-0.15, -0.1) is 23.1 Å². The fourth-order valence-corrected chi connectivity index (χ4v) is 5.30. The molecule has 0 saturated heterocycles. The van der Waals surface area contributed by atoms with E-state index in [1.165, 1.54) is 23.1 Å². The van der Waals surface area contributed by atoms with Crippen molar-refractivity contribution in [1.82, 2.24) is 4.98 Å². The lowest BCUT2D eigenvalue weighted by Gasteiger charge is -2.27. The molecule has 8 heteroatoms. The number of fused-ring (bicyclic) bond motifs is 2. The number of carbonyl (C=O) groups excluding carboxylic acids is 2. The summed E-state index contributed by atoms with van der Waals surface area (Å²) in [5, 5.41) is 4.50. The van der Waals surface area contributed by atoms with Gasteiger partial charge in [0.2, 0.25) is 12.7 Å². The molecule has 2 aromatic carbocycles. The Hall–Kier alpha value is -2.84. The van der Waals surface area contributed by atoms with Crippen molar-refractivity contribution in [2.75, 3.05) is 12.1 Å². The van der Waals surface area contributed by atoms with Crippen molar-refractivity contribution in [1.29, 1.82) is 0 Å². The zero-order valence-corrected chi connectivity index (χ0v) is 17.0. The van der Waals surface area contributed by atoms with E-state index in [0.29, 0.717) is 27.8 Å². The summed E-state index contributed by atoms with van der Waals surface area (Å²) < 4.78 is 10.8. The van der Waals surface area contributed by atoms with Gasteiger partial charge >= 0.3 is 0 Å². The minimum atomic E-state index is -0.531. The number of amides is 1. The standard InChI is InChI=1S/C21H16N2O4S2/c1-11-18(24)13-7-16-17(27-10-26-16)8-14(13)19(29-11)20(25)23-21-22-15(9-28-21)12-5-3-2-4-6-12/h2-9,11,19H,10H2,1H3,(H,22,23,25)/t11-,19+/m0/s1. The van der Waals surface area contributed by atoms with E-state index in [1.54, 1.807) is 12.1 Å². The Morgan fingerprint density at radius 1 is 1.17 bits per heavy atom. The van der Waals surface area contributed by atoms with Crippen LogP contribution in [0.25, 0.3) is 11.3 Å². The number of thioether (sulfide) groups is 1. The number of ether oxygens (including phenoxy) is 2. The lowest BCUT2D eigenvalue weighted by Crippen LogP contribution is -2.29. The monoisotopic (exact) mass is 424 g/mol. The van der Waals surface area contributed by atoms with Crippen LogP contribution in [0.3, 0.4) is 0 Å². The average molecular weight is 425 g/mol. The molecule has 0 saturated carbocycles. The topological polar surface area (TPSA) is 77.5 Å². The summed E-state index contributed by atoms with van der Waals surface area (Å²) >= 11 is 2.71. The largest absolute Gasteiger partial charge is 0.454 e. The van der Waals surface area contributed by atoms with Crippen molar-refractivity contribution < 1.29 is 19.1 Å². The van der Waals surface area contributed by atoms with Gasteiger partial charge in [-0.05, 0) is 24.6 Å². The molecule has 0 radical (unpaired) electrons. The van der Waals surface area contributed by atoms with Gasteiger partial charge in [-0.1, -0.05) is 30.3 Å². The molecule has 0 aliphatic carbocycles.